The van der Waals surface area contributed by atoms with Gasteiger partial charge in [0.25, 0.3) is 0 Å². The number of carbonyl (C=O) groups excluding carboxylic acids is 1. The standard InChI is InChI=1S/C18H20ClNO/c1-12-9-14(3)18(16(19)10-12)20-17(21)11-13(2)15-7-5-4-6-8-15/h4-10,13H,11H2,1-3H3,(H,20,21)/t13-/m0/s1. The minimum Gasteiger partial charge on any atom is -0.325 e. The Hall–Kier alpha value is -1.80. The molecule has 3 heteroatoms. The van der Waals surface area contributed by atoms with E-state index in [9.17, 15) is 4.79 Å². The molecular formula is C18H20ClNO. The van der Waals surface area contributed by atoms with E-state index >= 15 is 0 Å². The summed E-state index contributed by atoms with van der Waals surface area (Å²) in [5.41, 5.74) is 3.96. The van der Waals surface area contributed by atoms with Crippen LogP contribution >= 0.6 is 11.6 Å². The fourth-order valence-corrected chi connectivity index (χ4v) is 2.81. The number of hydrogen-bond acceptors (Lipinski definition) is 1. The predicted molar refractivity (Wildman–Crippen MR) is 89.0 cm³/mol. The van der Waals surface area contributed by atoms with Crippen molar-refractivity contribution >= 4 is 23.2 Å². The first-order chi connectivity index (χ1) is 9.97. The first-order valence-electron chi connectivity index (χ1n) is 7.09. The Bertz CT molecular complexity index is 614. The van der Waals surface area contributed by atoms with Gasteiger partial charge in [-0.3, -0.25) is 4.79 Å². The zero-order valence-electron chi connectivity index (χ0n) is 12.6. The molecule has 2 aromatic carbocycles. The molecule has 2 aromatic rings. The first kappa shape index (κ1) is 15.6. The zero-order valence-corrected chi connectivity index (χ0v) is 13.4. The quantitative estimate of drug-likeness (QED) is 0.837. The van der Waals surface area contributed by atoms with Gasteiger partial charge in [-0.15, -0.1) is 0 Å². The normalized spacial score (nSPS) is 12.0. The number of anilines is 1. The minimum atomic E-state index is -0.0137. The van der Waals surface area contributed by atoms with E-state index < -0.39 is 0 Å². The molecule has 0 aromatic heterocycles. The van der Waals surface area contributed by atoms with Crippen LogP contribution in [0.2, 0.25) is 5.02 Å². The van der Waals surface area contributed by atoms with E-state index in [0.717, 1.165) is 11.1 Å². The van der Waals surface area contributed by atoms with Gasteiger partial charge in [0.2, 0.25) is 5.91 Å². The second-order valence-corrected chi connectivity index (χ2v) is 5.91. The van der Waals surface area contributed by atoms with Crippen LogP contribution < -0.4 is 5.32 Å². The van der Waals surface area contributed by atoms with Crippen LogP contribution in [0.25, 0.3) is 0 Å². The lowest BCUT2D eigenvalue weighted by Gasteiger charge is -2.14. The average molecular weight is 302 g/mol. The topological polar surface area (TPSA) is 29.1 Å². The molecular weight excluding hydrogens is 282 g/mol. The maximum Gasteiger partial charge on any atom is 0.225 e. The number of carbonyl (C=O) groups is 1. The summed E-state index contributed by atoms with van der Waals surface area (Å²) in [7, 11) is 0. The average Bonchev–Trinajstić information content (AvgIpc) is 2.43. The SMILES string of the molecule is Cc1cc(C)c(NC(=O)C[C@H](C)c2ccccc2)c(Cl)c1. The van der Waals surface area contributed by atoms with Gasteiger partial charge in [0.15, 0.2) is 0 Å². The smallest absolute Gasteiger partial charge is 0.225 e. The summed E-state index contributed by atoms with van der Waals surface area (Å²) >= 11 is 6.22. The summed E-state index contributed by atoms with van der Waals surface area (Å²) in [5.74, 6) is 0.163. The molecule has 110 valence electrons. The van der Waals surface area contributed by atoms with Gasteiger partial charge in [0, 0.05) is 6.42 Å². The highest BCUT2D eigenvalue weighted by Gasteiger charge is 2.13. The minimum absolute atomic E-state index is 0.0137. The van der Waals surface area contributed by atoms with Crippen LogP contribution in [0.5, 0.6) is 0 Å². The molecule has 21 heavy (non-hydrogen) atoms. The van der Waals surface area contributed by atoms with E-state index in [4.69, 9.17) is 11.6 Å². The molecule has 0 aliphatic carbocycles. The molecule has 0 spiro atoms. The number of hydrogen-bond donors (Lipinski definition) is 1. The van der Waals surface area contributed by atoms with Crippen LogP contribution in [0.3, 0.4) is 0 Å². The largest absolute Gasteiger partial charge is 0.325 e. The lowest BCUT2D eigenvalue weighted by atomic mass is 9.97. The number of halogens is 1. The second kappa shape index (κ2) is 6.77. The van der Waals surface area contributed by atoms with Crippen molar-refractivity contribution in [3.05, 3.63) is 64.2 Å². The maximum atomic E-state index is 12.2. The number of benzene rings is 2. The number of nitrogens with one attached hydrogen (secondary N) is 1. The highest BCUT2D eigenvalue weighted by Crippen LogP contribution is 2.28. The molecule has 2 rings (SSSR count). The van der Waals surface area contributed by atoms with Crippen molar-refractivity contribution in [1.29, 1.82) is 0 Å². The predicted octanol–water partition coefficient (Wildman–Crippen LogP) is 5.09. The van der Waals surface area contributed by atoms with Crippen LogP contribution in [0.15, 0.2) is 42.5 Å². The van der Waals surface area contributed by atoms with Gasteiger partial charge in [0.05, 0.1) is 10.7 Å². The molecule has 0 heterocycles. The lowest BCUT2D eigenvalue weighted by molar-refractivity contribution is -0.116. The van der Waals surface area contributed by atoms with Crippen molar-refractivity contribution < 1.29 is 4.79 Å². The summed E-state index contributed by atoms with van der Waals surface area (Å²) in [6, 6.07) is 13.9. The Balaban J connectivity index is 2.06. The third-order valence-corrected chi connectivity index (χ3v) is 3.85. The summed E-state index contributed by atoms with van der Waals surface area (Å²) in [6.45, 7) is 6.00. The summed E-state index contributed by atoms with van der Waals surface area (Å²) < 4.78 is 0. The fourth-order valence-electron chi connectivity index (χ4n) is 2.44. The molecule has 0 radical (unpaired) electrons. The molecule has 0 aliphatic rings. The number of aryl methyl sites for hydroxylation is 2. The second-order valence-electron chi connectivity index (χ2n) is 5.50. The van der Waals surface area contributed by atoms with Crippen molar-refractivity contribution in [1.82, 2.24) is 0 Å². The van der Waals surface area contributed by atoms with E-state index in [1.165, 1.54) is 5.56 Å². The molecule has 0 aliphatic heterocycles. The molecule has 2 nitrogen and oxygen atoms in total. The third kappa shape index (κ3) is 4.08. The van der Waals surface area contributed by atoms with Crippen molar-refractivity contribution in [2.24, 2.45) is 0 Å². The van der Waals surface area contributed by atoms with Gasteiger partial charge >= 0.3 is 0 Å². The summed E-state index contributed by atoms with van der Waals surface area (Å²) in [5, 5.41) is 3.53. The van der Waals surface area contributed by atoms with E-state index in [0.29, 0.717) is 17.1 Å². The summed E-state index contributed by atoms with van der Waals surface area (Å²) in [6.07, 6.45) is 0.438. The van der Waals surface area contributed by atoms with Gasteiger partial charge in [-0.05, 0) is 42.5 Å². The Kier molecular flexibility index (Phi) is 5.03. The van der Waals surface area contributed by atoms with Gasteiger partial charge in [-0.25, -0.2) is 0 Å². The fraction of sp³-hybridized carbons (Fsp3) is 0.278. The van der Waals surface area contributed by atoms with E-state index in [2.05, 4.69) is 12.2 Å². The molecule has 1 atom stereocenters. The highest BCUT2D eigenvalue weighted by molar-refractivity contribution is 6.34. The van der Waals surface area contributed by atoms with Crippen LogP contribution in [-0.2, 0) is 4.79 Å². The Morgan fingerprint density at radius 2 is 1.86 bits per heavy atom. The highest BCUT2D eigenvalue weighted by atomic mass is 35.5. The molecule has 0 bridgehead atoms. The van der Waals surface area contributed by atoms with Gasteiger partial charge in [0.1, 0.15) is 0 Å². The molecule has 0 saturated heterocycles. The molecule has 1 N–H and O–H groups in total. The van der Waals surface area contributed by atoms with E-state index in [1.807, 2.05) is 56.3 Å². The monoisotopic (exact) mass is 301 g/mol. The number of amides is 1. The van der Waals surface area contributed by atoms with Gasteiger partial charge in [-0.1, -0.05) is 54.9 Å². The molecule has 0 saturated carbocycles. The zero-order chi connectivity index (χ0) is 15.4. The Labute approximate surface area is 131 Å². The third-order valence-electron chi connectivity index (χ3n) is 3.56. The lowest BCUT2D eigenvalue weighted by Crippen LogP contribution is -2.15. The van der Waals surface area contributed by atoms with Gasteiger partial charge in [-0.2, -0.15) is 0 Å². The molecule has 0 unspecified atom stereocenters. The van der Waals surface area contributed by atoms with Crippen molar-refractivity contribution in [2.45, 2.75) is 33.1 Å². The van der Waals surface area contributed by atoms with Crippen molar-refractivity contribution in [2.75, 3.05) is 5.32 Å². The van der Waals surface area contributed by atoms with Gasteiger partial charge < -0.3 is 5.32 Å². The molecule has 1 amide bonds. The van der Waals surface area contributed by atoms with Crippen LogP contribution in [0.4, 0.5) is 5.69 Å². The van der Waals surface area contributed by atoms with Crippen LogP contribution in [0, 0.1) is 13.8 Å². The first-order valence-corrected chi connectivity index (χ1v) is 7.46. The van der Waals surface area contributed by atoms with Crippen molar-refractivity contribution in [3.8, 4) is 0 Å². The van der Waals surface area contributed by atoms with Crippen LogP contribution in [0.1, 0.15) is 36.0 Å². The van der Waals surface area contributed by atoms with E-state index in [-0.39, 0.29) is 11.8 Å². The number of rotatable bonds is 4. The van der Waals surface area contributed by atoms with Crippen molar-refractivity contribution in [3.63, 3.8) is 0 Å². The Morgan fingerprint density at radius 1 is 1.19 bits per heavy atom. The van der Waals surface area contributed by atoms with Crippen LogP contribution in [-0.4, -0.2) is 5.91 Å². The maximum absolute atomic E-state index is 12.2. The molecule has 0 fully saturated rings. The summed E-state index contributed by atoms with van der Waals surface area (Å²) in [4.78, 5) is 12.2. The van der Waals surface area contributed by atoms with E-state index in [1.54, 1.807) is 0 Å². The Morgan fingerprint density at radius 3 is 2.48 bits per heavy atom.